The number of hydrogen-bond acceptors (Lipinski definition) is 5. The molecule has 21 heavy (non-hydrogen) atoms. The summed E-state index contributed by atoms with van der Waals surface area (Å²) in [6.45, 7) is 0. The number of hydrogen-bond donors (Lipinski definition) is 2. The molecular weight excluding hydrogens is 290 g/mol. The number of nitrogens with zero attached hydrogens (tertiary/aromatic N) is 3. The van der Waals surface area contributed by atoms with Crippen LogP contribution in [0.15, 0.2) is 18.6 Å². The maximum absolute atomic E-state index is 11.4. The molecule has 2 aromatic heterocycles. The SMILES string of the molecule is CN(c1ncnc2[nH]ccc12)C1CCC(S(N)(=O)=O)CC1. The van der Waals surface area contributed by atoms with Gasteiger partial charge >= 0.3 is 0 Å². The van der Waals surface area contributed by atoms with Gasteiger partial charge in [0.1, 0.15) is 17.8 Å². The largest absolute Gasteiger partial charge is 0.356 e. The number of fused-ring (bicyclic) bond motifs is 1. The van der Waals surface area contributed by atoms with Gasteiger partial charge in [0.2, 0.25) is 10.0 Å². The van der Waals surface area contributed by atoms with Crippen molar-refractivity contribution in [3.63, 3.8) is 0 Å². The number of aromatic amines is 1. The van der Waals surface area contributed by atoms with E-state index in [-0.39, 0.29) is 6.04 Å². The van der Waals surface area contributed by atoms with Crippen molar-refractivity contribution >= 4 is 26.9 Å². The van der Waals surface area contributed by atoms with Crippen molar-refractivity contribution in [1.82, 2.24) is 15.0 Å². The molecule has 8 heteroatoms. The summed E-state index contributed by atoms with van der Waals surface area (Å²) in [7, 11) is -1.42. The number of rotatable bonds is 3. The fourth-order valence-corrected chi connectivity index (χ4v) is 4.00. The Kier molecular flexibility index (Phi) is 3.58. The normalized spacial score (nSPS) is 23.3. The molecule has 7 nitrogen and oxygen atoms in total. The summed E-state index contributed by atoms with van der Waals surface area (Å²) in [5, 5.41) is 5.81. The fraction of sp³-hybridized carbons (Fsp3) is 0.538. The van der Waals surface area contributed by atoms with Crippen LogP contribution in [-0.4, -0.2) is 41.7 Å². The van der Waals surface area contributed by atoms with Gasteiger partial charge in [-0.25, -0.2) is 23.5 Å². The monoisotopic (exact) mass is 309 g/mol. The smallest absolute Gasteiger partial charge is 0.211 e. The topological polar surface area (TPSA) is 105 Å². The zero-order chi connectivity index (χ0) is 15.0. The Bertz CT molecular complexity index is 734. The quantitative estimate of drug-likeness (QED) is 0.879. The molecule has 0 radical (unpaired) electrons. The van der Waals surface area contributed by atoms with Crippen LogP contribution in [0.25, 0.3) is 11.0 Å². The van der Waals surface area contributed by atoms with E-state index in [1.54, 1.807) is 6.33 Å². The van der Waals surface area contributed by atoms with E-state index in [1.165, 1.54) is 0 Å². The van der Waals surface area contributed by atoms with Crippen LogP contribution >= 0.6 is 0 Å². The molecule has 0 bridgehead atoms. The van der Waals surface area contributed by atoms with Crippen molar-refractivity contribution in [3.05, 3.63) is 18.6 Å². The molecule has 0 unspecified atom stereocenters. The number of nitrogens with two attached hydrogens (primary N) is 1. The highest BCUT2D eigenvalue weighted by Crippen LogP contribution is 2.30. The standard InChI is InChI=1S/C13H19N5O2S/c1-18(9-2-4-10(5-3-9)21(14,19)20)13-11-6-7-15-12(11)16-8-17-13/h6-10H,2-5H2,1H3,(H2,14,19,20)(H,15,16,17). The lowest BCUT2D eigenvalue weighted by Gasteiger charge is -2.34. The first kappa shape index (κ1) is 14.3. The maximum Gasteiger partial charge on any atom is 0.211 e. The number of aromatic nitrogens is 3. The summed E-state index contributed by atoms with van der Waals surface area (Å²) in [4.78, 5) is 13.8. The van der Waals surface area contributed by atoms with Gasteiger partial charge in [0.15, 0.2) is 0 Å². The van der Waals surface area contributed by atoms with E-state index in [2.05, 4.69) is 19.9 Å². The average molecular weight is 309 g/mol. The van der Waals surface area contributed by atoms with E-state index < -0.39 is 15.3 Å². The number of nitrogens with one attached hydrogen (secondary N) is 1. The van der Waals surface area contributed by atoms with E-state index in [4.69, 9.17) is 5.14 Å². The second-order valence-corrected chi connectivity index (χ2v) is 7.41. The van der Waals surface area contributed by atoms with Crippen molar-refractivity contribution in [2.24, 2.45) is 5.14 Å². The first-order valence-corrected chi connectivity index (χ1v) is 8.60. The summed E-state index contributed by atoms with van der Waals surface area (Å²) < 4.78 is 22.8. The third kappa shape index (κ3) is 2.73. The van der Waals surface area contributed by atoms with Gasteiger partial charge in [-0.2, -0.15) is 0 Å². The Morgan fingerprint density at radius 3 is 2.67 bits per heavy atom. The van der Waals surface area contributed by atoms with Crippen molar-refractivity contribution < 1.29 is 8.42 Å². The maximum atomic E-state index is 11.4. The first-order valence-electron chi connectivity index (χ1n) is 6.99. The molecule has 0 saturated heterocycles. The molecule has 3 rings (SSSR count). The van der Waals surface area contributed by atoms with Gasteiger partial charge < -0.3 is 9.88 Å². The van der Waals surface area contributed by atoms with Crippen LogP contribution in [0.5, 0.6) is 0 Å². The van der Waals surface area contributed by atoms with Gasteiger partial charge in [-0.05, 0) is 31.7 Å². The lowest BCUT2D eigenvalue weighted by molar-refractivity contribution is 0.421. The summed E-state index contributed by atoms with van der Waals surface area (Å²) in [6, 6.07) is 2.23. The second kappa shape index (κ2) is 5.27. The van der Waals surface area contributed by atoms with Gasteiger partial charge in [0, 0.05) is 19.3 Å². The number of primary sulfonamides is 1. The van der Waals surface area contributed by atoms with Crippen LogP contribution in [0.2, 0.25) is 0 Å². The molecule has 1 aliphatic carbocycles. The second-order valence-electron chi connectivity index (χ2n) is 5.57. The number of anilines is 1. The predicted octanol–water partition coefficient (Wildman–Crippen LogP) is 0.994. The van der Waals surface area contributed by atoms with Gasteiger partial charge in [0.25, 0.3) is 0 Å². The van der Waals surface area contributed by atoms with Crippen LogP contribution in [0, 0.1) is 0 Å². The molecule has 0 atom stereocenters. The molecule has 114 valence electrons. The first-order chi connectivity index (χ1) is 9.97. The van der Waals surface area contributed by atoms with E-state index in [0.717, 1.165) is 29.7 Å². The lowest BCUT2D eigenvalue weighted by Crippen LogP contribution is -2.40. The van der Waals surface area contributed by atoms with Crippen LogP contribution in [0.1, 0.15) is 25.7 Å². The minimum Gasteiger partial charge on any atom is -0.356 e. The molecule has 0 amide bonds. The highest BCUT2D eigenvalue weighted by molar-refractivity contribution is 7.89. The summed E-state index contributed by atoms with van der Waals surface area (Å²) in [5.74, 6) is 0.875. The van der Waals surface area contributed by atoms with E-state index in [0.29, 0.717) is 12.8 Å². The van der Waals surface area contributed by atoms with E-state index >= 15 is 0 Å². The zero-order valence-corrected chi connectivity index (χ0v) is 12.7. The molecule has 1 aliphatic rings. The molecule has 0 aromatic carbocycles. The van der Waals surface area contributed by atoms with E-state index in [9.17, 15) is 8.42 Å². The third-order valence-corrected chi connectivity index (χ3v) is 5.72. The van der Waals surface area contributed by atoms with Crippen molar-refractivity contribution in [2.45, 2.75) is 37.0 Å². The Balaban J connectivity index is 1.78. The molecule has 0 aliphatic heterocycles. The summed E-state index contributed by atoms with van der Waals surface area (Å²) in [6.07, 6.45) is 6.20. The lowest BCUT2D eigenvalue weighted by atomic mass is 9.94. The highest BCUT2D eigenvalue weighted by atomic mass is 32.2. The number of sulfonamides is 1. The summed E-state index contributed by atoms with van der Waals surface area (Å²) in [5.41, 5.74) is 0.810. The van der Waals surface area contributed by atoms with Crippen molar-refractivity contribution in [1.29, 1.82) is 0 Å². The van der Waals surface area contributed by atoms with Gasteiger partial charge in [-0.15, -0.1) is 0 Å². The molecule has 1 fully saturated rings. The molecule has 1 saturated carbocycles. The van der Waals surface area contributed by atoms with E-state index in [1.807, 2.05) is 19.3 Å². The Morgan fingerprint density at radius 2 is 2.00 bits per heavy atom. The number of H-pyrrole nitrogens is 1. The van der Waals surface area contributed by atoms with Crippen molar-refractivity contribution in [3.8, 4) is 0 Å². The van der Waals surface area contributed by atoms with Crippen LogP contribution in [-0.2, 0) is 10.0 Å². The van der Waals surface area contributed by atoms with Crippen LogP contribution in [0.3, 0.4) is 0 Å². The molecule has 3 N–H and O–H groups in total. The Hall–Kier alpha value is -1.67. The fourth-order valence-electron chi connectivity index (χ4n) is 3.07. The minimum absolute atomic E-state index is 0.274. The molecule has 0 spiro atoms. The zero-order valence-electron chi connectivity index (χ0n) is 11.9. The summed E-state index contributed by atoms with van der Waals surface area (Å²) >= 11 is 0. The van der Waals surface area contributed by atoms with Crippen molar-refractivity contribution in [2.75, 3.05) is 11.9 Å². The van der Waals surface area contributed by atoms with Crippen LogP contribution < -0.4 is 10.0 Å². The molecule has 2 aromatic rings. The van der Waals surface area contributed by atoms with Gasteiger partial charge in [-0.3, -0.25) is 0 Å². The Morgan fingerprint density at radius 1 is 1.29 bits per heavy atom. The predicted molar refractivity (Wildman–Crippen MR) is 81.4 cm³/mol. The van der Waals surface area contributed by atoms with Crippen LogP contribution in [0.4, 0.5) is 5.82 Å². The van der Waals surface area contributed by atoms with Gasteiger partial charge in [-0.1, -0.05) is 0 Å². The Labute approximate surface area is 123 Å². The average Bonchev–Trinajstić information content (AvgIpc) is 2.94. The third-order valence-electron chi connectivity index (χ3n) is 4.32. The molecular formula is C13H19N5O2S. The highest BCUT2D eigenvalue weighted by Gasteiger charge is 2.30. The molecule has 2 heterocycles. The minimum atomic E-state index is -3.41. The van der Waals surface area contributed by atoms with Gasteiger partial charge in [0.05, 0.1) is 10.6 Å².